The van der Waals surface area contributed by atoms with Crippen LogP contribution in [0.3, 0.4) is 0 Å². The highest BCUT2D eigenvalue weighted by molar-refractivity contribution is 5.84. The minimum absolute atomic E-state index is 0.0302. The van der Waals surface area contributed by atoms with E-state index in [1.165, 1.54) is 15.9 Å². The molecule has 16 nitrogen and oxygen atoms in total. The van der Waals surface area contributed by atoms with Gasteiger partial charge in [0.1, 0.15) is 18.2 Å². The number of nitrogens with one attached hydrogen (secondary N) is 4. The van der Waals surface area contributed by atoms with E-state index >= 15 is 0 Å². The molecule has 0 spiro atoms. The van der Waals surface area contributed by atoms with Gasteiger partial charge in [-0.25, -0.2) is 9.78 Å². The summed E-state index contributed by atoms with van der Waals surface area (Å²) in [6.07, 6.45) is 2.04. The van der Waals surface area contributed by atoms with Gasteiger partial charge in [-0.1, -0.05) is 67.6 Å². The average molecular weight is 708 g/mol. The Bertz CT molecular complexity index is 1930. The molecule has 272 valence electrons. The number of carbonyl (C=O) groups excluding carboxylic acids is 1. The summed E-state index contributed by atoms with van der Waals surface area (Å²) in [4.78, 5) is 31.1. The SMILES string of the molecule is CCc1nnn([C@H]2C[C@@H](n3cnc4c(NCC(c5ccccc5)c5ccccc5)nc(N5CC[C@@H](NC(=O)N[C@@H]6CCNC6)C5)nc43)[C@H](O)[C@@H]2O)n1. The number of tetrazole rings is 1. The molecule has 3 aliphatic rings. The number of anilines is 2. The van der Waals surface area contributed by atoms with Crippen molar-refractivity contribution in [3.8, 4) is 0 Å². The zero-order valence-corrected chi connectivity index (χ0v) is 29.1. The topological polar surface area (TPSA) is 196 Å². The van der Waals surface area contributed by atoms with E-state index in [4.69, 9.17) is 15.0 Å². The highest BCUT2D eigenvalue weighted by Crippen LogP contribution is 2.40. The number of nitrogens with zero attached hydrogens (tertiary/aromatic N) is 9. The lowest BCUT2D eigenvalue weighted by Crippen LogP contribution is -2.47. The van der Waals surface area contributed by atoms with Crippen LogP contribution in [0, 0.1) is 0 Å². The Hall–Kier alpha value is -5.19. The lowest BCUT2D eigenvalue weighted by atomic mass is 9.91. The zero-order valence-electron chi connectivity index (χ0n) is 29.1. The Morgan fingerprint density at radius 3 is 2.38 bits per heavy atom. The van der Waals surface area contributed by atoms with Gasteiger partial charge >= 0.3 is 6.03 Å². The maximum atomic E-state index is 12.8. The lowest BCUT2D eigenvalue weighted by Gasteiger charge is -2.22. The standard InChI is InChI=1S/C36H45N13O3/c1-2-29-44-46-49(45-29)28-17-27(31(50)32(28)51)48-21-39-30-33(38-19-26(22-9-5-3-6-10-22)23-11-7-4-8-12-23)42-35(43-34(30)48)47-16-14-25(20-47)41-36(52)40-24-13-15-37-18-24/h3-12,21,24-28,31-32,37,50-51H,2,13-20H2,1H3,(H,38,42,43)(H2,40,41,52)/t24-,25-,27-,28+,31+,32-/m1/s1. The van der Waals surface area contributed by atoms with E-state index in [1.807, 2.05) is 47.9 Å². The fourth-order valence-corrected chi connectivity index (χ4v) is 7.69. The molecule has 3 fully saturated rings. The van der Waals surface area contributed by atoms with Gasteiger partial charge in [0.15, 0.2) is 22.8 Å². The van der Waals surface area contributed by atoms with E-state index in [1.54, 1.807) is 6.33 Å². The fraction of sp³-hybridized carbons (Fsp3) is 0.472. The Labute approximate surface area is 301 Å². The predicted molar refractivity (Wildman–Crippen MR) is 194 cm³/mol. The first-order chi connectivity index (χ1) is 25.4. The number of fused-ring (bicyclic) bond motifs is 1. The molecule has 16 heteroatoms. The van der Waals surface area contributed by atoms with Gasteiger partial charge in [-0.15, -0.1) is 10.2 Å². The Morgan fingerprint density at radius 2 is 1.69 bits per heavy atom. The van der Waals surface area contributed by atoms with E-state index in [9.17, 15) is 15.0 Å². The number of benzene rings is 2. The van der Waals surface area contributed by atoms with Gasteiger partial charge in [-0.05, 0) is 42.1 Å². The Morgan fingerprint density at radius 1 is 0.962 bits per heavy atom. The van der Waals surface area contributed by atoms with Crippen molar-refractivity contribution in [3.63, 3.8) is 0 Å². The van der Waals surface area contributed by atoms with Gasteiger partial charge in [0, 0.05) is 50.6 Å². The Kier molecular flexibility index (Phi) is 9.66. The van der Waals surface area contributed by atoms with E-state index < -0.39 is 24.3 Å². The molecule has 6 atom stereocenters. The third kappa shape index (κ3) is 6.88. The summed E-state index contributed by atoms with van der Waals surface area (Å²) in [5.41, 5.74) is 3.42. The minimum atomic E-state index is -1.12. The first-order valence-electron chi connectivity index (χ1n) is 18.2. The molecule has 1 aliphatic carbocycles. The summed E-state index contributed by atoms with van der Waals surface area (Å²) in [6, 6.07) is 19.5. The average Bonchev–Trinajstić information content (AvgIpc) is 4.02. The van der Waals surface area contributed by atoms with Gasteiger partial charge in [0.05, 0.1) is 12.4 Å². The van der Waals surface area contributed by atoms with E-state index in [-0.39, 0.29) is 24.0 Å². The lowest BCUT2D eigenvalue weighted by molar-refractivity contribution is 0.00473. The number of carbonyl (C=O) groups is 1. The number of hydrogen-bond donors (Lipinski definition) is 6. The molecule has 0 radical (unpaired) electrons. The quantitative estimate of drug-likeness (QED) is 0.117. The molecule has 2 amide bonds. The highest BCUT2D eigenvalue weighted by Gasteiger charge is 2.45. The molecule has 52 heavy (non-hydrogen) atoms. The maximum Gasteiger partial charge on any atom is 0.315 e. The molecule has 1 saturated carbocycles. The van der Waals surface area contributed by atoms with Gasteiger partial charge in [0.25, 0.3) is 0 Å². The first kappa shape index (κ1) is 33.9. The first-order valence-corrected chi connectivity index (χ1v) is 18.2. The molecule has 2 aromatic carbocycles. The molecule has 2 aliphatic heterocycles. The highest BCUT2D eigenvalue weighted by atomic mass is 16.3. The number of amides is 2. The van der Waals surface area contributed by atoms with Gasteiger partial charge in [0.2, 0.25) is 5.95 Å². The van der Waals surface area contributed by atoms with E-state index in [2.05, 4.69) is 65.8 Å². The summed E-state index contributed by atoms with van der Waals surface area (Å²) in [5.74, 6) is 1.66. The van der Waals surface area contributed by atoms with Crippen LogP contribution in [-0.4, -0.2) is 113 Å². The Balaban J connectivity index is 1.10. The maximum absolute atomic E-state index is 12.8. The second kappa shape index (κ2) is 14.8. The molecule has 8 rings (SSSR count). The molecule has 0 unspecified atom stereocenters. The van der Waals surface area contributed by atoms with E-state index in [0.29, 0.717) is 61.2 Å². The molecule has 6 N–H and O–H groups in total. The van der Waals surface area contributed by atoms with Crippen molar-refractivity contribution < 1.29 is 15.0 Å². The van der Waals surface area contributed by atoms with Crippen molar-refractivity contribution in [2.24, 2.45) is 0 Å². The van der Waals surface area contributed by atoms with Crippen molar-refractivity contribution in [3.05, 3.63) is 83.9 Å². The van der Waals surface area contributed by atoms with Crippen LogP contribution in [0.25, 0.3) is 11.2 Å². The normalized spacial score (nSPS) is 24.6. The molecular formula is C36H45N13O3. The zero-order chi connectivity index (χ0) is 35.6. The number of aromatic nitrogens is 8. The third-order valence-corrected chi connectivity index (χ3v) is 10.6. The van der Waals surface area contributed by atoms with Crippen LogP contribution in [0.1, 0.15) is 61.1 Å². The van der Waals surface area contributed by atoms with Gasteiger partial charge in [-0.2, -0.15) is 14.8 Å². The van der Waals surface area contributed by atoms with Crippen molar-refractivity contribution >= 4 is 29.0 Å². The van der Waals surface area contributed by atoms with E-state index in [0.717, 1.165) is 25.9 Å². The summed E-state index contributed by atoms with van der Waals surface area (Å²) in [6.45, 7) is 5.35. The largest absolute Gasteiger partial charge is 0.388 e. The predicted octanol–water partition coefficient (Wildman–Crippen LogP) is 1.77. The van der Waals surface area contributed by atoms with Crippen LogP contribution in [0.4, 0.5) is 16.6 Å². The summed E-state index contributed by atoms with van der Waals surface area (Å²) < 4.78 is 1.83. The number of imidazole rings is 1. The molecule has 0 bridgehead atoms. The van der Waals surface area contributed by atoms with Crippen molar-refractivity contribution in [2.45, 2.75) is 74.9 Å². The smallest absolute Gasteiger partial charge is 0.315 e. The van der Waals surface area contributed by atoms with Crippen LogP contribution >= 0.6 is 0 Å². The van der Waals surface area contributed by atoms with Crippen LogP contribution in [0.15, 0.2) is 67.0 Å². The number of aryl methyl sites for hydroxylation is 1. The van der Waals surface area contributed by atoms with Crippen molar-refractivity contribution in [2.75, 3.05) is 42.9 Å². The number of hydrogen-bond acceptors (Lipinski definition) is 12. The number of aliphatic hydroxyl groups excluding tert-OH is 2. The molecule has 5 aromatic rings. The second-order valence-corrected chi connectivity index (χ2v) is 13.9. The summed E-state index contributed by atoms with van der Waals surface area (Å²) >= 11 is 0. The third-order valence-electron chi connectivity index (χ3n) is 10.6. The second-order valence-electron chi connectivity index (χ2n) is 13.9. The van der Waals surface area contributed by atoms with Crippen LogP contribution in [0.2, 0.25) is 0 Å². The number of aliphatic hydroxyl groups is 2. The number of urea groups is 1. The number of rotatable bonds is 11. The molecule has 2 saturated heterocycles. The van der Waals surface area contributed by atoms with Gasteiger partial charge in [-0.3, -0.25) is 0 Å². The van der Waals surface area contributed by atoms with Crippen LogP contribution in [0.5, 0.6) is 0 Å². The summed E-state index contributed by atoms with van der Waals surface area (Å²) in [5, 5.41) is 48.3. The minimum Gasteiger partial charge on any atom is -0.388 e. The fourth-order valence-electron chi connectivity index (χ4n) is 7.69. The monoisotopic (exact) mass is 707 g/mol. The molecule has 5 heterocycles. The summed E-state index contributed by atoms with van der Waals surface area (Å²) in [7, 11) is 0. The molecule has 3 aromatic heterocycles. The molecular weight excluding hydrogens is 662 g/mol. The van der Waals surface area contributed by atoms with Gasteiger partial charge < -0.3 is 40.9 Å². The van der Waals surface area contributed by atoms with Crippen LogP contribution < -0.4 is 26.2 Å². The van der Waals surface area contributed by atoms with Crippen molar-refractivity contribution in [1.29, 1.82) is 0 Å². The van der Waals surface area contributed by atoms with Crippen LogP contribution in [-0.2, 0) is 6.42 Å². The van der Waals surface area contributed by atoms with Crippen molar-refractivity contribution in [1.82, 2.24) is 55.7 Å².